The van der Waals surface area contributed by atoms with Crippen LogP contribution in [0, 0.1) is 0 Å². The average molecular weight is 670 g/mol. The van der Waals surface area contributed by atoms with Crippen LogP contribution in [0.25, 0.3) is 17.5 Å². The lowest BCUT2D eigenvalue weighted by Crippen LogP contribution is -2.46. The Hall–Kier alpha value is -5.09. The number of benzene rings is 2. The van der Waals surface area contributed by atoms with Gasteiger partial charge in [0.1, 0.15) is 24.0 Å². The number of aromatic nitrogens is 2. The number of nitrogens with zero attached hydrogens (tertiary/aromatic N) is 4. The summed E-state index contributed by atoms with van der Waals surface area (Å²) in [5, 5.41) is 15.4. The van der Waals surface area contributed by atoms with Crippen LogP contribution in [0.1, 0.15) is 62.2 Å². The van der Waals surface area contributed by atoms with E-state index in [1.165, 1.54) is 35.3 Å². The van der Waals surface area contributed by atoms with Crippen molar-refractivity contribution in [2.24, 2.45) is 4.99 Å². The molecule has 17 heteroatoms. The molecule has 2 heterocycles. The predicted molar refractivity (Wildman–Crippen MR) is 154 cm³/mol. The Bertz CT molecular complexity index is 1660. The Kier molecular flexibility index (Phi) is 10.2. The van der Waals surface area contributed by atoms with Gasteiger partial charge in [-0.25, -0.2) is 9.59 Å². The van der Waals surface area contributed by atoms with Gasteiger partial charge in [-0.15, -0.1) is 4.99 Å². The fourth-order valence-corrected chi connectivity index (χ4v) is 4.57. The van der Waals surface area contributed by atoms with Gasteiger partial charge in [0.2, 0.25) is 17.7 Å². The first kappa shape index (κ1) is 34.8. The number of hydrogen-bond donors (Lipinski definition) is 2. The Morgan fingerprint density at radius 1 is 1.11 bits per heavy atom. The molecule has 2 N–H and O–H groups in total. The molecular formula is C30H29F6N5O6. The Morgan fingerprint density at radius 2 is 1.85 bits per heavy atom. The third-order valence-corrected chi connectivity index (χ3v) is 6.47. The molecule has 2 aromatic carbocycles. The normalized spacial score (nSPS) is 16.1. The van der Waals surface area contributed by atoms with Gasteiger partial charge in [-0.05, 0) is 75.6 Å². The molecule has 0 bridgehead atoms. The minimum absolute atomic E-state index is 0.0600. The van der Waals surface area contributed by atoms with Crippen molar-refractivity contribution >= 4 is 24.2 Å². The zero-order valence-electron chi connectivity index (χ0n) is 25.1. The third-order valence-electron chi connectivity index (χ3n) is 6.47. The van der Waals surface area contributed by atoms with Crippen LogP contribution in [-0.4, -0.2) is 57.0 Å². The van der Waals surface area contributed by atoms with Gasteiger partial charge in [-0.2, -0.15) is 31.3 Å². The fourth-order valence-electron chi connectivity index (χ4n) is 4.57. The van der Waals surface area contributed by atoms with Gasteiger partial charge in [0.25, 0.3) is 0 Å². The zero-order chi connectivity index (χ0) is 34.6. The quantitative estimate of drug-likeness (QED) is 0.155. The van der Waals surface area contributed by atoms with Crippen molar-refractivity contribution in [2.75, 3.05) is 13.2 Å². The summed E-state index contributed by atoms with van der Waals surface area (Å²) in [5.74, 6) is -1.15. The molecule has 4 rings (SSSR count). The van der Waals surface area contributed by atoms with Crippen LogP contribution in [0.3, 0.4) is 0 Å². The minimum Gasteiger partial charge on any atom is -0.489 e. The van der Waals surface area contributed by atoms with E-state index in [0.29, 0.717) is 12.8 Å². The summed E-state index contributed by atoms with van der Waals surface area (Å²) in [6.07, 6.45) is -8.52. The summed E-state index contributed by atoms with van der Waals surface area (Å²) >= 11 is 0. The molecule has 1 saturated heterocycles. The van der Waals surface area contributed by atoms with Gasteiger partial charge in [-0.3, -0.25) is 5.32 Å². The number of guanidine groups is 1. The molecule has 1 aliphatic rings. The number of rotatable bonds is 6. The number of ether oxygens (including phenoxy) is 2. The van der Waals surface area contributed by atoms with Crippen LogP contribution in [0.2, 0.25) is 0 Å². The second-order valence-corrected chi connectivity index (χ2v) is 11.2. The summed E-state index contributed by atoms with van der Waals surface area (Å²) in [6, 6.07) is 6.72. The van der Waals surface area contributed by atoms with Crippen LogP contribution < -0.4 is 10.1 Å². The monoisotopic (exact) mass is 669 g/mol. The zero-order valence-corrected chi connectivity index (χ0v) is 25.1. The van der Waals surface area contributed by atoms with Gasteiger partial charge in [0, 0.05) is 12.1 Å². The first-order valence-corrected chi connectivity index (χ1v) is 14.0. The number of halogens is 6. The Balaban J connectivity index is 1.52. The molecular weight excluding hydrogens is 640 g/mol. The number of alkyl carbamates (subject to hydrolysis) is 1. The highest BCUT2D eigenvalue weighted by molar-refractivity contribution is 5.98. The van der Waals surface area contributed by atoms with Crippen molar-refractivity contribution < 1.29 is 55.0 Å². The van der Waals surface area contributed by atoms with E-state index in [9.17, 15) is 41.0 Å². The lowest BCUT2D eigenvalue weighted by atomic mass is 10.1. The highest BCUT2D eigenvalue weighted by Crippen LogP contribution is 2.39. The average Bonchev–Trinajstić information content (AvgIpc) is 3.63. The molecule has 11 nitrogen and oxygen atoms in total. The smallest absolute Gasteiger partial charge is 0.434 e. The standard InChI is InChI=1S/C30H29F6N5O6/c1-28(2,3)46-27(44)39-25(38-26(42)43)41-13-5-10-21(41)24-37-23(40-47-24)18-11-12-22(20(16-18)30(34,35)36)45-14-6-8-17-7-4-9-19(15-17)29(31,32)33/h4,6-9,11-12,15-16,21H,5,10,13-14H2,1-3H3,(H,42,43)(H,38,39,44)/b8-6+/t21-/m0/s1. The van der Waals surface area contributed by atoms with E-state index in [2.05, 4.69) is 20.4 Å². The summed E-state index contributed by atoms with van der Waals surface area (Å²) in [4.78, 5) is 32.8. The SMILES string of the molecule is CC(C)(C)OC(=O)N/C(=N\C(=O)O)N1CCC[C@H]1c1nc(-c2ccc(OC/C=C/c3cccc(C(F)(F)F)c3)c(C(F)(F)F)c2)no1. The number of carbonyl (C=O) groups excluding carboxylic acids is 1. The Labute approximate surface area is 263 Å². The summed E-state index contributed by atoms with van der Waals surface area (Å²) < 4.78 is 96.6. The van der Waals surface area contributed by atoms with Gasteiger partial charge in [-0.1, -0.05) is 23.4 Å². The predicted octanol–water partition coefficient (Wildman–Crippen LogP) is 7.56. The molecule has 0 unspecified atom stereocenters. The number of carbonyl (C=O) groups is 2. The maximum absolute atomic E-state index is 14.0. The van der Waals surface area contributed by atoms with E-state index in [-0.39, 0.29) is 42.0 Å². The number of likely N-dealkylation sites (tertiary alicyclic amines) is 1. The molecule has 1 aromatic heterocycles. The first-order chi connectivity index (χ1) is 21.9. The van der Waals surface area contributed by atoms with Gasteiger partial charge in [0.05, 0.1) is 11.1 Å². The molecule has 0 spiro atoms. The van der Waals surface area contributed by atoms with E-state index < -0.39 is 53.1 Å². The van der Waals surface area contributed by atoms with Crippen LogP contribution in [-0.2, 0) is 17.1 Å². The highest BCUT2D eigenvalue weighted by Gasteiger charge is 2.37. The molecule has 3 aromatic rings. The van der Waals surface area contributed by atoms with Crippen molar-refractivity contribution in [3.05, 3.63) is 71.1 Å². The van der Waals surface area contributed by atoms with E-state index in [4.69, 9.17) is 14.0 Å². The maximum atomic E-state index is 14.0. The van der Waals surface area contributed by atoms with Gasteiger partial charge < -0.3 is 24.0 Å². The molecule has 252 valence electrons. The van der Waals surface area contributed by atoms with Crippen LogP contribution in [0.15, 0.2) is 58.1 Å². The molecule has 1 aliphatic heterocycles. The molecule has 1 fully saturated rings. The van der Waals surface area contributed by atoms with Crippen molar-refractivity contribution in [2.45, 2.75) is 57.6 Å². The lowest BCUT2D eigenvalue weighted by Gasteiger charge is -2.26. The van der Waals surface area contributed by atoms with E-state index in [1.807, 2.05) is 0 Å². The number of aliphatic imine (C=N–C) groups is 1. The highest BCUT2D eigenvalue weighted by atomic mass is 19.4. The van der Waals surface area contributed by atoms with Gasteiger partial charge in [0.15, 0.2) is 0 Å². The van der Waals surface area contributed by atoms with Crippen molar-refractivity contribution in [1.82, 2.24) is 20.4 Å². The van der Waals surface area contributed by atoms with E-state index >= 15 is 0 Å². The van der Waals surface area contributed by atoms with Crippen LogP contribution >= 0.6 is 0 Å². The van der Waals surface area contributed by atoms with Crippen LogP contribution in [0.5, 0.6) is 5.75 Å². The lowest BCUT2D eigenvalue weighted by molar-refractivity contribution is -0.139. The molecule has 0 aliphatic carbocycles. The molecule has 0 radical (unpaired) electrons. The Morgan fingerprint density at radius 3 is 2.51 bits per heavy atom. The van der Waals surface area contributed by atoms with Crippen molar-refractivity contribution in [3.63, 3.8) is 0 Å². The number of carboxylic acid groups (broad SMARTS) is 1. The maximum Gasteiger partial charge on any atom is 0.434 e. The molecule has 1 atom stereocenters. The first-order valence-electron chi connectivity index (χ1n) is 14.0. The molecule has 2 amide bonds. The third kappa shape index (κ3) is 9.46. The summed E-state index contributed by atoms with van der Waals surface area (Å²) in [7, 11) is 0. The van der Waals surface area contributed by atoms with E-state index in [0.717, 1.165) is 24.3 Å². The number of hydrogen-bond acceptors (Lipinski definition) is 7. The largest absolute Gasteiger partial charge is 0.489 e. The van der Waals surface area contributed by atoms with Crippen LogP contribution in [0.4, 0.5) is 35.9 Å². The summed E-state index contributed by atoms with van der Waals surface area (Å²) in [5.41, 5.74) is -2.80. The van der Waals surface area contributed by atoms with Gasteiger partial charge >= 0.3 is 24.5 Å². The number of alkyl halides is 6. The minimum atomic E-state index is -4.86. The molecule has 47 heavy (non-hydrogen) atoms. The number of amides is 2. The van der Waals surface area contributed by atoms with Crippen molar-refractivity contribution in [3.8, 4) is 17.1 Å². The fraction of sp³-hybridized carbons (Fsp3) is 0.367. The second-order valence-electron chi connectivity index (χ2n) is 11.2. The topological polar surface area (TPSA) is 139 Å². The molecule has 0 saturated carbocycles. The van der Waals surface area contributed by atoms with E-state index in [1.54, 1.807) is 20.8 Å². The van der Waals surface area contributed by atoms with Crippen molar-refractivity contribution in [1.29, 1.82) is 0 Å². The summed E-state index contributed by atoms with van der Waals surface area (Å²) in [6.45, 7) is 4.70. The second kappa shape index (κ2) is 13.7. The number of nitrogens with one attached hydrogen (secondary N) is 1.